The second-order valence-electron chi connectivity index (χ2n) is 3.21. The molecule has 3 N–H and O–H groups in total. The van der Waals surface area contributed by atoms with Gasteiger partial charge in [-0.3, -0.25) is 5.10 Å². The third kappa shape index (κ3) is 2.69. The first-order valence-corrected chi connectivity index (χ1v) is 4.77. The topological polar surface area (TPSA) is 52.7 Å². The fourth-order valence-electron chi connectivity index (χ4n) is 1.02. The molecule has 1 heterocycles. The summed E-state index contributed by atoms with van der Waals surface area (Å²) >= 11 is 5.09. The van der Waals surface area contributed by atoms with E-state index in [4.69, 9.17) is 12.2 Å². The molecule has 1 aliphatic carbocycles. The Bertz CT molecular complexity index is 278. The van der Waals surface area contributed by atoms with E-state index in [1.54, 1.807) is 6.20 Å². The van der Waals surface area contributed by atoms with Crippen molar-refractivity contribution in [1.29, 1.82) is 0 Å². The van der Waals surface area contributed by atoms with Crippen molar-refractivity contribution in [2.45, 2.75) is 25.4 Å². The third-order valence-corrected chi connectivity index (χ3v) is 2.18. The van der Waals surface area contributed by atoms with Gasteiger partial charge >= 0.3 is 0 Å². The SMILES string of the molecule is S=C(NCc1cn[nH]c1)NC1CC1. The zero-order valence-electron chi connectivity index (χ0n) is 7.21. The van der Waals surface area contributed by atoms with Gasteiger partial charge in [0.05, 0.1) is 6.20 Å². The van der Waals surface area contributed by atoms with E-state index in [-0.39, 0.29) is 0 Å². The minimum atomic E-state index is 0.615. The summed E-state index contributed by atoms with van der Waals surface area (Å²) in [5.74, 6) is 0. The Morgan fingerprint density at radius 1 is 1.69 bits per heavy atom. The standard InChI is InChI=1S/C8H12N4S/c13-8(12-7-1-2-7)9-3-6-4-10-11-5-6/h4-5,7H,1-3H2,(H,10,11)(H2,9,12,13). The molecule has 0 radical (unpaired) electrons. The number of aromatic nitrogens is 2. The number of hydrogen-bond acceptors (Lipinski definition) is 2. The predicted octanol–water partition coefficient (Wildman–Crippen LogP) is 0.536. The van der Waals surface area contributed by atoms with Gasteiger partial charge in [0.1, 0.15) is 0 Å². The van der Waals surface area contributed by atoms with Crippen LogP contribution in [0.2, 0.25) is 0 Å². The Kier molecular flexibility index (Phi) is 2.44. The molecule has 0 amide bonds. The van der Waals surface area contributed by atoms with Crippen LogP contribution in [0.3, 0.4) is 0 Å². The van der Waals surface area contributed by atoms with Crippen molar-refractivity contribution in [3.05, 3.63) is 18.0 Å². The maximum absolute atomic E-state index is 5.09. The Labute approximate surface area is 82.1 Å². The van der Waals surface area contributed by atoms with Crippen LogP contribution in [-0.4, -0.2) is 21.4 Å². The molecule has 1 fully saturated rings. The van der Waals surface area contributed by atoms with Crippen LogP contribution in [0.4, 0.5) is 0 Å². The number of nitrogens with one attached hydrogen (secondary N) is 3. The monoisotopic (exact) mass is 196 g/mol. The van der Waals surface area contributed by atoms with Crippen molar-refractivity contribution in [2.24, 2.45) is 0 Å². The maximum Gasteiger partial charge on any atom is 0.166 e. The molecule has 0 aromatic carbocycles. The summed E-state index contributed by atoms with van der Waals surface area (Å²) in [6, 6.07) is 0.615. The van der Waals surface area contributed by atoms with Crippen molar-refractivity contribution in [2.75, 3.05) is 0 Å². The van der Waals surface area contributed by atoms with Crippen LogP contribution < -0.4 is 10.6 Å². The lowest BCUT2D eigenvalue weighted by Gasteiger charge is -2.07. The van der Waals surface area contributed by atoms with Gasteiger partial charge < -0.3 is 10.6 Å². The van der Waals surface area contributed by atoms with E-state index in [1.807, 2.05) is 6.20 Å². The smallest absolute Gasteiger partial charge is 0.166 e. The molecule has 1 aromatic heterocycles. The molecule has 1 aliphatic rings. The highest BCUT2D eigenvalue weighted by Gasteiger charge is 2.21. The molecule has 0 unspecified atom stereocenters. The molecule has 5 heteroatoms. The van der Waals surface area contributed by atoms with Crippen molar-refractivity contribution >= 4 is 17.3 Å². The van der Waals surface area contributed by atoms with Crippen LogP contribution in [0.1, 0.15) is 18.4 Å². The van der Waals surface area contributed by atoms with Crippen LogP contribution >= 0.6 is 12.2 Å². The lowest BCUT2D eigenvalue weighted by atomic mass is 10.4. The minimum absolute atomic E-state index is 0.615. The van der Waals surface area contributed by atoms with Gasteiger partial charge in [-0.1, -0.05) is 0 Å². The summed E-state index contributed by atoms with van der Waals surface area (Å²) in [5, 5.41) is 13.7. The van der Waals surface area contributed by atoms with Crippen molar-refractivity contribution in [3.63, 3.8) is 0 Å². The van der Waals surface area contributed by atoms with Crippen LogP contribution in [0.25, 0.3) is 0 Å². The number of H-pyrrole nitrogens is 1. The number of thiocarbonyl (C=S) groups is 1. The first-order valence-electron chi connectivity index (χ1n) is 4.36. The van der Waals surface area contributed by atoms with Gasteiger partial charge in [0, 0.05) is 24.3 Å². The average Bonchev–Trinajstić information content (AvgIpc) is 2.78. The molecular weight excluding hydrogens is 184 g/mol. The minimum Gasteiger partial charge on any atom is -0.360 e. The molecule has 13 heavy (non-hydrogen) atoms. The van der Waals surface area contributed by atoms with Gasteiger partial charge in [0.15, 0.2) is 5.11 Å². The molecule has 1 aromatic rings. The predicted molar refractivity (Wildman–Crippen MR) is 54.2 cm³/mol. The maximum atomic E-state index is 5.09. The first-order chi connectivity index (χ1) is 6.34. The van der Waals surface area contributed by atoms with E-state index in [9.17, 15) is 0 Å². The molecule has 0 aliphatic heterocycles. The van der Waals surface area contributed by atoms with E-state index in [0.29, 0.717) is 6.04 Å². The quantitative estimate of drug-likeness (QED) is 0.617. The molecule has 70 valence electrons. The Hall–Kier alpha value is -1.10. The molecule has 0 saturated heterocycles. The van der Waals surface area contributed by atoms with E-state index in [1.165, 1.54) is 12.8 Å². The Morgan fingerprint density at radius 3 is 3.15 bits per heavy atom. The first kappa shape index (κ1) is 8.50. The van der Waals surface area contributed by atoms with Crippen molar-refractivity contribution in [3.8, 4) is 0 Å². The number of nitrogens with zero attached hydrogens (tertiary/aromatic N) is 1. The molecular formula is C8H12N4S. The van der Waals surface area contributed by atoms with Crippen LogP contribution in [-0.2, 0) is 6.54 Å². The number of aromatic amines is 1. The second kappa shape index (κ2) is 3.74. The average molecular weight is 196 g/mol. The lowest BCUT2D eigenvalue weighted by molar-refractivity contribution is 0.829. The second-order valence-corrected chi connectivity index (χ2v) is 3.62. The summed E-state index contributed by atoms with van der Waals surface area (Å²) in [6.07, 6.45) is 6.13. The van der Waals surface area contributed by atoms with Crippen LogP contribution in [0.15, 0.2) is 12.4 Å². The van der Waals surface area contributed by atoms with Gasteiger partial charge in [0.25, 0.3) is 0 Å². The normalized spacial score (nSPS) is 15.4. The van der Waals surface area contributed by atoms with Gasteiger partial charge in [-0.2, -0.15) is 5.10 Å². The van der Waals surface area contributed by atoms with Gasteiger partial charge in [0.2, 0.25) is 0 Å². The number of rotatable bonds is 3. The Balaban J connectivity index is 1.69. The fraction of sp³-hybridized carbons (Fsp3) is 0.500. The zero-order chi connectivity index (χ0) is 9.10. The Morgan fingerprint density at radius 2 is 2.54 bits per heavy atom. The van der Waals surface area contributed by atoms with E-state index < -0.39 is 0 Å². The largest absolute Gasteiger partial charge is 0.360 e. The molecule has 0 bridgehead atoms. The van der Waals surface area contributed by atoms with Gasteiger partial charge in [-0.25, -0.2) is 0 Å². The van der Waals surface area contributed by atoms with E-state index >= 15 is 0 Å². The van der Waals surface area contributed by atoms with Gasteiger partial charge in [-0.05, 0) is 25.1 Å². The zero-order valence-corrected chi connectivity index (χ0v) is 8.03. The summed E-state index contributed by atoms with van der Waals surface area (Å²) in [7, 11) is 0. The van der Waals surface area contributed by atoms with E-state index in [2.05, 4.69) is 20.8 Å². The highest BCUT2D eigenvalue weighted by Crippen LogP contribution is 2.18. The summed E-state index contributed by atoms with van der Waals surface area (Å²) in [6.45, 7) is 0.731. The fourth-order valence-corrected chi connectivity index (χ4v) is 1.26. The summed E-state index contributed by atoms with van der Waals surface area (Å²) in [5.41, 5.74) is 1.11. The summed E-state index contributed by atoms with van der Waals surface area (Å²) in [4.78, 5) is 0. The third-order valence-electron chi connectivity index (χ3n) is 1.92. The highest BCUT2D eigenvalue weighted by molar-refractivity contribution is 7.80. The van der Waals surface area contributed by atoms with Gasteiger partial charge in [-0.15, -0.1) is 0 Å². The van der Waals surface area contributed by atoms with Crippen molar-refractivity contribution in [1.82, 2.24) is 20.8 Å². The van der Waals surface area contributed by atoms with Crippen LogP contribution in [0.5, 0.6) is 0 Å². The van der Waals surface area contributed by atoms with E-state index in [0.717, 1.165) is 17.2 Å². The molecule has 0 spiro atoms. The lowest BCUT2D eigenvalue weighted by Crippen LogP contribution is -2.35. The molecule has 2 rings (SSSR count). The molecule has 1 saturated carbocycles. The molecule has 4 nitrogen and oxygen atoms in total. The molecule has 0 atom stereocenters. The van der Waals surface area contributed by atoms with Crippen LogP contribution in [0, 0.1) is 0 Å². The highest BCUT2D eigenvalue weighted by atomic mass is 32.1. The summed E-state index contributed by atoms with van der Waals surface area (Å²) < 4.78 is 0. The number of hydrogen-bond donors (Lipinski definition) is 3. The van der Waals surface area contributed by atoms with Crippen molar-refractivity contribution < 1.29 is 0 Å².